The van der Waals surface area contributed by atoms with Gasteiger partial charge in [0.25, 0.3) is 0 Å². The molecule has 1 aromatic heterocycles. The second kappa shape index (κ2) is 5.47. The average molecular weight is 285 g/mol. The summed E-state index contributed by atoms with van der Waals surface area (Å²) < 4.78 is 1.96. The molecule has 0 aliphatic carbocycles. The lowest BCUT2D eigenvalue weighted by Gasteiger charge is -2.20. The van der Waals surface area contributed by atoms with Crippen LogP contribution in [0.2, 0.25) is 0 Å². The Bertz CT molecular complexity index is 645. The summed E-state index contributed by atoms with van der Waals surface area (Å²) in [5, 5.41) is 19.7. The normalized spacial score (nSPS) is 20.0. The first kappa shape index (κ1) is 14.0. The van der Waals surface area contributed by atoms with Gasteiger partial charge < -0.3 is 14.8 Å². The molecule has 0 saturated heterocycles. The van der Waals surface area contributed by atoms with E-state index < -0.39 is 12.2 Å². The van der Waals surface area contributed by atoms with Crippen molar-refractivity contribution >= 4 is 5.78 Å². The first-order valence-electron chi connectivity index (χ1n) is 7.25. The van der Waals surface area contributed by atoms with Gasteiger partial charge in [0, 0.05) is 23.7 Å². The van der Waals surface area contributed by atoms with Crippen LogP contribution in [0.3, 0.4) is 0 Å². The highest BCUT2D eigenvalue weighted by Crippen LogP contribution is 2.34. The van der Waals surface area contributed by atoms with E-state index in [0.717, 1.165) is 12.1 Å². The molecule has 3 unspecified atom stereocenters. The summed E-state index contributed by atoms with van der Waals surface area (Å²) in [6, 6.07) is 12.9. The second-order valence-electron chi connectivity index (χ2n) is 5.62. The van der Waals surface area contributed by atoms with E-state index in [0.29, 0.717) is 17.8 Å². The van der Waals surface area contributed by atoms with Gasteiger partial charge in [-0.3, -0.25) is 4.79 Å². The van der Waals surface area contributed by atoms with Crippen LogP contribution in [0.1, 0.15) is 41.0 Å². The monoisotopic (exact) mass is 285 g/mol. The number of rotatable bonds is 4. The first-order chi connectivity index (χ1) is 10.1. The molecule has 2 heterocycles. The molecule has 21 heavy (non-hydrogen) atoms. The Hall–Kier alpha value is -1.91. The van der Waals surface area contributed by atoms with Gasteiger partial charge in [-0.1, -0.05) is 30.3 Å². The highest BCUT2D eigenvalue weighted by molar-refractivity contribution is 6.08. The Labute approximate surface area is 123 Å². The average Bonchev–Trinajstić information content (AvgIpc) is 3.08. The summed E-state index contributed by atoms with van der Waals surface area (Å²) in [5.41, 5.74) is 2.25. The molecule has 110 valence electrons. The van der Waals surface area contributed by atoms with Crippen molar-refractivity contribution < 1.29 is 15.0 Å². The summed E-state index contributed by atoms with van der Waals surface area (Å²) in [4.78, 5) is 12.5. The Morgan fingerprint density at radius 2 is 1.90 bits per heavy atom. The maximum Gasteiger partial charge on any atom is 0.209 e. The van der Waals surface area contributed by atoms with Gasteiger partial charge >= 0.3 is 0 Å². The number of nitrogens with zero attached hydrogens (tertiary/aromatic N) is 1. The van der Waals surface area contributed by atoms with Gasteiger partial charge in [-0.05, 0) is 25.5 Å². The third-order valence-corrected chi connectivity index (χ3v) is 4.23. The topological polar surface area (TPSA) is 62.5 Å². The van der Waals surface area contributed by atoms with E-state index >= 15 is 0 Å². The highest BCUT2D eigenvalue weighted by Gasteiger charge is 2.33. The van der Waals surface area contributed by atoms with Crippen molar-refractivity contribution in [2.75, 3.05) is 0 Å². The molecule has 1 aliphatic heterocycles. The van der Waals surface area contributed by atoms with Gasteiger partial charge in [-0.2, -0.15) is 0 Å². The van der Waals surface area contributed by atoms with E-state index in [-0.39, 0.29) is 11.7 Å². The molecular weight excluding hydrogens is 266 g/mol. The van der Waals surface area contributed by atoms with E-state index in [2.05, 4.69) is 0 Å². The number of benzene rings is 1. The van der Waals surface area contributed by atoms with Crippen molar-refractivity contribution in [3.8, 4) is 0 Å². The highest BCUT2D eigenvalue weighted by atomic mass is 16.3. The van der Waals surface area contributed by atoms with Gasteiger partial charge in [0.15, 0.2) is 0 Å². The zero-order valence-electron chi connectivity index (χ0n) is 11.9. The van der Waals surface area contributed by atoms with E-state index in [9.17, 15) is 15.0 Å². The number of carbonyl (C=O) groups is 1. The fourth-order valence-corrected chi connectivity index (χ4v) is 3.09. The molecule has 2 aromatic rings. The van der Waals surface area contributed by atoms with Crippen molar-refractivity contribution in [1.82, 2.24) is 4.57 Å². The molecule has 1 aromatic carbocycles. The van der Waals surface area contributed by atoms with Crippen LogP contribution in [-0.2, 0) is 6.54 Å². The third-order valence-electron chi connectivity index (χ3n) is 4.23. The van der Waals surface area contributed by atoms with Crippen molar-refractivity contribution in [3.63, 3.8) is 0 Å². The van der Waals surface area contributed by atoms with Crippen molar-refractivity contribution in [3.05, 3.63) is 59.4 Å². The van der Waals surface area contributed by atoms with Crippen LogP contribution in [0.5, 0.6) is 0 Å². The fraction of sp³-hybridized carbons (Fsp3) is 0.353. The molecule has 3 rings (SSSR count). The second-order valence-corrected chi connectivity index (χ2v) is 5.62. The number of aliphatic hydroxyl groups excluding tert-OH is 2. The van der Waals surface area contributed by atoms with Crippen molar-refractivity contribution in [1.29, 1.82) is 0 Å². The van der Waals surface area contributed by atoms with Crippen LogP contribution in [0.15, 0.2) is 42.5 Å². The summed E-state index contributed by atoms with van der Waals surface area (Å²) in [6.45, 7) is 2.29. The molecular formula is C17H19NO3. The summed E-state index contributed by atoms with van der Waals surface area (Å²) in [5.74, 6) is -0.114. The van der Waals surface area contributed by atoms with Crippen LogP contribution < -0.4 is 0 Å². The molecule has 0 spiro atoms. The summed E-state index contributed by atoms with van der Waals surface area (Å²) in [7, 11) is 0. The number of fused-ring (bicyclic) bond motifs is 1. The molecule has 0 bridgehead atoms. The smallest absolute Gasteiger partial charge is 0.209 e. The standard InChI is InChI=1S/C17H19NO3/c1-11(19)16(20)13-9-10-18-14(13)7-8-15(18)17(21)12-5-3-2-4-6-12/h2-8,11,13,16,19-20H,9-10H2,1H3. The quantitative estimate of drug-likeness (QED) is 0.844. The minimum Gasteiger partial charge on any atom is -0.391 e. The Balaban J connectivity index is 1.92. The Kier molecular flexibility index (Phi) is 3.66. The Morgan fingerprint density at radius 3 is 2.57 bits per heavy atom. The van der Waals surface area contributed by atoms with E-state index in [1.807, 2.05) is 34.9 Å². The Morgan fingerprint density at radius 1 is 1.19 bits per heavy atom. The molecule has 0 saturated carbocycles. The predicted molar refractivity (Wildman–Crippen MR) is 79.4 cm³/mol. The SMILES string of the molecule is CC(O)C(O)C1CCn2c(C(=O)c3ccccc3)ccc21. The lowest BCUT2D eigenvalue weighted by Crippen LogP contribution is -2.28. The number of carbonyl (C=O) groups excluding carboxylic acids is 1. The molecule has 1 aliphatic rings. The number of ketones is 1. The lowest BCUT2D eigenvalue weighted by molar-refractivity contribution is 0.0138. The molecule has 4 heteroatoms. The zero-order valence-corrected chi connectivity index (χ0v) is 11.9. The fourth-order valence-electron chi connectivity index (χ4n) is 3.09. The minimum atomic E-state index is -0.791. The summed E-state index contributed by atoms with van der Waals surface area (Å²) in [6.07, 6.45) is -0.817. The summed E-state index contributed by atoms with van der Waals surface area (Å²) >= 11 is 0. The van der Waals surface area contributed by atoms with Crippen LogP contribution in [0, 0.1) is 0 Å². The third kappa shape index (κ3) is 2.41. The largest absolute Gasteiger partial charge is 0.391 e. The zero-order chi connectivity index (χ0) is 15.0. The molecule has 2 N–H and O–H groups in total. The maximum absolute atomic E-state index is 12.5. The number of aliphatic hydroxyl groups is 2. The van der Waals surface area contributed by atoms with Gasteiger partial charge in [-0.15, -0.1) is 0 Å². The first-order valence-corrected chi connectivity index (χ1v) is 7.25. The van der Waals surface area contributed by atoms with Gasteiger partial charge in [0.2, 0.25) is 5.78 Å². The van der Waals surface area contributed by atoms with Crippen LogP contribution >= 0.6 is 0 Å². The number of aromatic nitrogens is 1. The van der Waals surface area contributed by atoms with Crippen molar-refractivity contribution in [2.24, 2.45) is 0 Å². The van der Waals surface area contributed by atoms with Crippen LogP contribution in [-0.4, -0.2) is 32.8 Å². The molecule has 0 fully saturated rings. The van der Waals surface area contributed by atoms with Crippen molar-refractivity contribution in [2.45, 2.75) is 38.0 Å². The number of hydrogen-bond donors (Lipinski definition) is 2. The molecule has 0 radical (unpaired) electrons. The van der Waals surface area contributed by atoms with Crippen LogP contribution in [0.4, 0.5) is 0 Å². The molecule has 3 atom stereocenters. The number of hydrogen-bond acceptors (Lipinski definition) is 3. The predicted octanol–water partition coefficient (Wildman–Crippen LogP) is 1.95. The lowest BCUT2D eigenvalue weighted by atomic mass is 9.94. The van der Waals surface area contributed by atoms with Gasteiger partial charge in [0.1, 0.15) is 0 Å². The van der Waals surface area contributed by atoms with E-state index in [1.165, 1.54) is 0 Å². The molecule has 4 nitrogen and oxygen atoms in total. The molecule has 0 amide bonds. The van der Waals surface area contributed by atoms with Gasteiger partial charge in [0.05, 0.1) is 17.9 Å². The minimum absolute atomic E-state index is 0.00552. The van der Waals surface area contributed by atoms with Crippen LogP contribution in [0.25, 0.3) is 0 Å². The van der Waals surface area contributed by atoms with E-state index in [4.69, 9.17) is 0 Å². The van der Waals surface area contributed by atoms with E-state index in [1.54, 1.807) is 19.1 Å². The maximum atomic E-state index is 12.5. The van der Waals surface area contributed by atoms with Gasteiger partial charge in [-0.25, -0.2) is 0 Å².